The Morgan fingerprint density at radius 1 is 1.15 bits per heavy atom. The fourth-order valence-electron chi connectivity index (χ4n) is 1.68. The average Bonchev–Trinajstić information content (AvgIpc) is 2.64. The smallest absolute Gasteiger partial charge is 0.277 e. The number of amides is 1. The second-order valence-electron chi connectivity index (χ2n) is 5.12. The van der Waals surface area contributed by atoms with Crippen molar-refractivity contribution in [2.24, 2.45) is 10.2 Å². The van der Waals surface area contributed by atoms with Crippen LogP contribution in [0.1, 0.15) is 6.92 Å². The highest BCUT2D eigenvalue weighted by Crippen LogP contribution is 2.27. The molecule has 27 heavy (non-hydrogen) atoms. The quantitative estimate of drug-likeness (QED) is 0.494. The Morgan fingerprint density at radius 2 is 1.85 bits per heavy atom. The first-order valence-corrected chi connectivity index (χ1v) is 8.64. The standard InChI is InChI=1S/C17H14Cl3FN4O2/c1-10(17(20)25-23-13-5-3-12(21)4-6-13)22-24-16(26)9-27-15-7-2-11(18)8-14(15)19/h2-8,23H,9H2,1H3,(H,24,26). The third-order valence-corrected chi connectivity index (χ3v) is 3.92. The summed E-state index contributed by atoms with van der Waals surface area (Å²) < 4.78 is 18.1. The zero-order valence-corrected chi connectivity index (χ0v) is 16.2. The number of hydrogen-bond donors (Lipinski definition) is 2. The van der Waals surface area contributed by atoms with Crippen molar-refractivity contribution in [3.05, 3.63) is 58.3 Å². The lowest BCUT2D eigenvalue weighted by Crippen LogP contribution is -2.26. The van der Waals surface area contributed by atoms with E-state index in [1.54, 1.807) is 19.1 Å². The van der Waals surface area contributed by atoms with Crippen molar-refractivity contribution in [1.29, 1.82) is 0 Å². The van der Waals surface area contributed by atoms with Crippen LogP contribution in [0.25, 0.3) is 0 Å². The average molecular weight is 432 g/mol. The lowest BCUT2D eigenvalue weighted by Gasteiger charge is -2.07. The van der Waals surface area contributed by atoms with E-state index in [-0.39, 0.29) is 28.3 Å². The van der Waals surface area contributed by atoms with Crippen LogP contribution in [0.2, 0.25) is 10.0 Å². The van der Waals surface area contributed by atoms with Crippen LogP contribution in [-0.4, -0.2) is 23.4 Å². The molecule has 0 aliphatic rings. The molecule has 0 saturated heterocycles. The molecule has 2 rings (SSSR count). The summed E-state index contributed by atoms with van der Waals surface area (Å²) in [6.45, 7) is 1.25. The predicted octanol–water partition coefficient (Wildman–Crippen LogP) is 4.67. The van der Waals surface area contributed by atoms with E-state index in [0.29, 0.717) is 16.5 Å². The van der Waals surface area contributed by atoms with E-state index in [1.807, 2.05) is 0 Å². The lowest BCUT2D eigenvalue weighted by atomic mass is 10.3. The molecule has 0 saturated carbocycles. The van der Waals surface area contributed by atoms with Gasteiger partial charge < -0.3 is 4.74 Å². The number of benzene rings is 2. The van der Waals surface area contributed by atoms with Crippen LogP contribution in [0.5, 0.6) is 5.75 Å². The first-order chi connectivity index (χ1) is 12.8. The molecule has 0 bridgehead atoms. The third-order valence-electron chi connectivity index (χ3n) is 3.03. The Hall–Kier alpha value is -2.35. The van der Waals surface area contributed by atoms with Gasteiger partial charge in [0.1, 0.15) is 11.6 Å². The Balaban J connectivity index is 1.84. The molecule has 0 aliphatic heterocycles. The van der Waals surface area contributed by atoms with Crippen LogP contribution in [0.3, 0.4) is 0 Å². The number of anilines is 1. The van der Waals surface area contributed by atoms with Crippen molar-refractivity contribution in [3.8, 4) is 5.75 Å². The Morgan fingerprint density at radius 3 is 2.52 bits per heavy atom. The maximum Gasteiger partial charge on any atom is 0.277 e. The Bertz CT molecular complexity index is 873. The summed E-state index contributed by atoms with van der Waals surface area (Å²) >= 11 is 17.7. The Kier molecular flexibility index (Phi) is 7.84. The summed E-state index contributed by atoms with van der Waals surface area (Å²) in [5.74, 6) is -0.561. The molecule has 0 fully saturated rings. The number of nitrogens with one attached hydrogen (secondary N) is 2. The van der Waals surface area contributed by atoms with Gasteiger partial charge in [0.2, 0.25) is 0 Å². The minimum absolute atomic E-state index is 0.0151. The molecule has 0 aliphatic carbocycles. The van der Waals surface area contributed by atoms with Crippen molar-refractivity contribution in [3.63, 3.8) is 0 Å². The number of rotatable bonds is 7. The molecule has 0 spiro atoms. The molecule has 2 aromatic carbocycles. The van der Waals surface area contributed by atoms with Crippen molar-refractivity contribution < 1.29 is 13.9 Å². The molecule has 1 amide bonds. The molecular weight excluding hydrogens is 418 g/mol. The van der Waals surface area contributed by atoms with Crippen LogP contribution in [0, 0.1) is 5.82 Å². The molecule has 0 radical (unpaired) electrons. The van der Waals surface area contributed by atoms with Gasteiger partial charge in [-0.15, -0.1) is 0 Å². The van der Waals surface area contributed by atoms with Crippen molar-refractivity contribution in [1.82, 2.24) is 5.43 Å². The first kappa shape index (κ1) is 21.0. The maximum absolute atomic E-state index is 12.8. The molecule has 142 valence electrons. The van der Waals surface area contributed by atoms with E-state index in [2.05, 4.69) is 21.1 Å². The molecule has 6 nitrogen and oxygen atoms in total. The Labute approximate surface area is 169 Å². The summed E-state index contributed by atoms with van der Waals surface area (Å²) in [6, 6.07) is 10.2. The minimum atomic E-state index is -0.517. The van der Waals surface area contributed by atoms with Gasteiger partial charge in [-0.05, 0) is 49.4 Å². The van der Waals surface area contributed by atoms with Gasteiger partial charge in [-0.3, -0.25) is 10.2 Å². The third kappa shape index (κ3) is 7.05. The van der Waals surface area contributed by atoms with Crippen LogP contribution in [0.15, 0.2) is 52.7 Å². The lowest BCUT2D eigenvalue weighted by molar-refractivity contribution is -0.123. The van der Waals surface area contributed by atoms with Gasteiger partial charge in [0, 0.05) is 5.02 Å². The summed E-state index contributed by atoms with van der Waals surface area (Å²) in [4.78, 5) is 11.8. The largest absolute Gasteiger partial charge is 0.482 e. The summed E-state index contributed by atoms with van der Waals surface area (Å²) in [5.41, 5.74) is 5.72. The summed E-state index contributed by atoms with van der Waals surface area (Å²) in [7, 11) is 0. The zero-order chi connectivity index (χ0) is 19.8. The fraction of sp³-hybridized carbons (Fsp3) is 0.118. The highest BCUT2D eigenvalue weighted by atomic mass is 35.5. The van der Waals surface area contributed by atoms with Crippen LogP contribution < -0.4 is 15.6 Å². The van der Waals surface area contributed by atoms with Gasteiger partial charge in [0.25, 0.3) is 5.91 Å². The number of carbonyl (C=O) groups excluding carboxylic acids is 1. The van der Waals surface area contributed by atoms with Gasteiger partial charge in [-0.1, -0.05) is 34.8 Å². The summed E-state index contributed by atoms with van der Waals surface area (Å²) in [6.07, 6.45) is 0. The van der Waals surface area contributed by atoms with Gasteiger partial charge in [-0.2, -0.15) is 10.2 Å². The van der Waals surface area contributed by atoms with Crippen LogP contribution in [0.4, 0.5) is 10.1 Å². The molecule has 0 unspecified atom stereocenters. The zero-order valence-electron chi connectivity index (χ0n) is 14.0. The van der Waals surface area contributed by atoms with Gasteiger partial charge in [0.15, 0.2) is 11.8 Å². The topological polar surface area (TPSA) is 75.1 Å². The number of halogens is 4. The van der Waals surface area contributed by atoms with Gasteiger partial charge >= 0.3 is 0 Å². The molecule has 0 aromatic heterocycles. The second-order valence-corrected chi connectivity index (χ2v) is 6.32. The SMILES string of the molecule is CC(=NNC(=O)COc1ccc(Cl)cc1Cl)C(Cl)=NNc1ccc(F)cc1. The molecule has 2 N–H and O–H groups in total. The van der Waals surface area contributed by atoms with E-state index in [4.69, 9.17) is 39.5 Å². The predicted molar refractivity (Wildman–Crippen MR) is 107 cm³/mol. The van der Waals surface area contributed by atoms with Crippen LogP contribution in [-0.2, 0) is 4.79 Å². The van der Waals surface area contributed by atoms with E-state index in [0.717, 1.165) is 0 Å². The number of carbonyl (C=O) groups is 1. The van der Waals surface area contributed by atoms with Gasteiger partial charge in [-0.25, -0.2) is 9.82 Å². The second kappa shape index (κ2) is 10.1. The fourth-order valence-corrected chi connectivity index (χ4v) is 2.23. The maximum atomic E-state index is 12.8. The highest BCUT2D eigenvalue weighted by Gasteiger charge is 2.07. The number of hydrogen-bond acceptors (Lipinski definition) is 5. The van der Waals surface area contributed by atoms with E-state index in [9.17, 15) is 9.18 Å². The van der Waals surface area contributed by atoms with Gasteiger partial charge in [0.05, 0.1) is 16.4 Å². The van der Waals surface area contributed by atoms with E-state index in [1.165, 1.54) is 30.3 Å². The van der Waals surface area contributed by atoms with Crippen molar-refractivity contribution >= 4 is 57.3 Å². The normalized spacial score (nSPS) is 11.9. The molecule has 2 aromatic rings. The molecule has 0 atom stereocenters. The number of ether oxygens (including phenoxy) is 1. The monoisotopic (exact) mass is 430 g/mol. The summed E-state index contributed by atoms with van der Waals surface area (Å²) in [5, 5.41) is 8.46. The molecular formula is C17H14Cl3FN4O2. The van der Waals surface area contributed by atoms with E-state index < -0.39 is 5.91 Å². The van der Waals surface area contributed by atoms with Crippen LogP contribution >= 0.6 is 34.8 Å². The number of hydrazone groups is 2. The molecule has 0 heterocycles. The van der Waals surface area contributed by atoms with Crippen molar-refractivity contribution in [2.75, 3.05) is 12.0 Å². The highest BCUT2D eigenvalue weighted by molar-refractivity contribution is 6.83. The molecule has 10 heteroatoms. The van der Waals surface area contributed by atoms with E-state index >= 15 is 0 Å². The first-order valence-electron chi connectivity index (χ1n) is 7.51. The van der Waals surface area contributed by atoms with Crippen molar-refractivity contribution in [2.45, 2.75) is 6.92 Å². The minimum Gasteiger partial charge on any atom is -0.482 e. The number of nitrogens with zero attached hydrogens (tertiary/aromatic N) is 2.